The fraction of sp³-hybridized carbons (Fsp3) is 1.00. The van der Waals surface area contributed by atoms with Crippen molar-refractivity contribution in [2.75, 3.05) is 13.1 Å². The summed E-state index contributed by atoms with van der Waals surface area (Å²) in [5.74, 6) is 1.01. The minimum atomic E-state index is -0.403. The Morgan fingerprint density at radius 1 is 1.27 bits per heavy atom. The molecule has 1 heterocycles. The highest BCUT2D eigenvalue weighted by atomic mass is 17.1. The topological polar surface area (TPSA) is 41.5 Å². The predicted octanol–water partition coefficient (Wildman–Crippen LogP) is 3.06. The Balaban J connectivity index is 0.000000288. The summed E-state index contributed by atoms with van der Waals surface area (Å²) >= 11 is 0. The van der Waals surface area contributed by atoms with Gasteiger partial charge in [-0.3, -0.25) is 5.26 Å². The van der Waals surface area contributed by atoms with E-state index in [2.05, 4.69) is 17.1 Å². The summed E-state index contributed by atoms with van der Waals surface area (Å²) in [5.41, 5.74) is -0.403. The minimum absolute atomic E-state index is 0.403. The number of hydrogen-bond donors (Lipinski definition) is 2. The molecule has 1 aliphatic rings. The first kappa shape index (κ1) is 14.9. The first-order chi connectivity index (χ1) is 6.99. The van der Waals surface area contributed by atoms with Crippen LogP contribution in [0.4, 0.5) is 0 Å². The van der Waals surface area contributed by atoms with Gasteiger partial charge < -0.3 is 5.32 Å². The predicted molar refractivity (Wildman–Crippen MR) is 64.0 cm³/mol. The van der Waals surface area contributed by atoms with Crippen molar-refractivity contribution < 1.29 is 10.1 Å². The van der Waals surface area contributed by atoms with Crippen molar-refractivity contribution in [1.82, 2.24) is 5.32 Å². The van der Waals surface area contributed by atoms with Crippen LogP contribution in [0.5, 0.6) is 0 Å². The van der Waals surface area contributed by atoms with E-state index in [-0.39, 0.29) is 0 Å². The van der Waals surface area contributed by atoms with Gasteiger partial charge in [0.1, 0.15) is 0 Å². The SMILES string of the molecule is CC(C)(C)OO.CC[C@@H]1CCCNCC1. The minimum Gasteiger partial charge on any atom is -0.317 e. The van der Waals surface area contributed by atoms with Crippen molar-refractivity contribution >= 4 is 0 Å². The van der Waals surface area contributed by atoms with Gasteiger partial charge in [0.2, 0.25) is 0 Å². The molecule has 1 rings (SSSR count). The zero-order valence-corrected chi connectivity index (χ0v) is 10.7. The van der Waals surface area contributed by atoms with Crippen molar-refractivity contribution in [1.29, 1.82) is 0 Å². The molecule has 1 fully saturated rings. The number of nitrogens with one attached hydrogen (secondary N) is 1. The second kappa shape index (κ2) is 8.08. The van der Waals surface area contributed by atoms with Crippen LogP contribution in [-0.2, 0) is 4.89 Å². The van der Waals surface area contributed by atoms with Crippen LogP contribution >= 0.6 is 0 Å². The highest BCUT2D eigenvalue weighted by Crippen LogP contribution is 2.15. The van der Waals surface area contributed by atoms with E-state index < -0.39 is 5.60 Å². The molecule has 0 aromatic heterocycles. The lowest BCUT2D eigenvalue weighted by Gasteiger charge is -2.10. The quantitative estimate of drug-likeness (QED) is 0.524. The molecule has 15 heavy (non-hydrogen) atoms. The average molecular weight is 217 g/mol. The first-order valence-corrected chi connectivity index (χ1v) is 6.03. The van der Waals surface area contributed by atoms with Crippen LogP contribution < -0.4 is 5.32 Å². The normalized spacial score (nSPS) is 22.6. The van der Waals surface area contributed by atoms with Gasteiger partial charge in [-0.1, -0.05) is 13.3 Å². The van der Waals surface area contributed by atoms with Crippen molar-refractivity contribution in [3.05, 3.63) is 0 Å². The average Bonchev–Trinajstić information content (AvgIpc) is 2.45. The maximum absolute atomic E-state index is 7.90. The van der Waals surface area contributed by atoms with Gasteiger partial charge >= 0.3 is 0 Å². The van der Waals surface area contributed by atoms with E-state index in [1.54, 1.807) is 20.8 Å². The van der Waals surface area contributed by atoms with Gasteiger partial charge in [-0.2, -0.15) is 0 Å². The molecule has 1 aliphatic heterocycles. The maximum atomic E-state index is 7.90. The van der Waals surface area contributed by atoms with E-state index >= 15 is 0 Å². The van der Waals surface area contributed by atoms with Crippen LogP contribution in [0.1, 0.15) is 53.4 Å². The van der Waals surface area contributed by atoms with Crippen LogP contribution in [0, 0.1) is 5.92 Å². The molecule has 0 aliphatic carbocycles. The van der Waals surface area contributed by atoms with Gasteiger partial charge in [-0.05, 0) is 59.0 Å². The van der Waals surface area contributed by atoms with E-state index in [4.69, 9.17) is 5.26 Å². The summed E-state index contributed by atoms with van der Waals surface area (Å²) < 4.78 is 0. The fourth-order valence-electron chi connectivity index (χ4n) is 1.50. The molecule has 0 radical (unpaired) electrons. The first-order valence-electron chi connectivity index (χ1n) is 6.03. The molecule has 0 spiro atoms. The van der Waals surface area contributed by atoms with E-state index in [0.717, 1.165) is 5.92 Å². The summed E-state index contributed by atoms with van der Waals surface area (Å²) in [6.07, 6.45) is 5.61. The lowest BCUT2D eigenvalue weighted by molar-refractivity contribution is -0.306. The highest BCUT2D eigenvalue weighted by Gasteiger charge is 2.08. The molecule has 0 amide bonds. The second-order valence-electron chi connectivity index (χ2n) is 5.16. The van der Waals surface area contributed by atoms with Gasteiger partial charge in [-0.15, -0.1) is 0 Å². The molecule has 1 atom stereocenters. The molecule has 92 valence electrons. The molecule has 0 aromatic rings. The molecule has 2 N–H and O–H groups in total. The van der Waals surface area contributed by atoms with Crippen LogP contribution in [0.15, 0.2) is 0 Å². The molecule has 0 aromatic carbocycles. The highest BCUT2D eigenvalue weighted by molar-refractivity contribution is 4.64. The largest absolute Gasteiger partial charge is 0.317 e. The van der Waals surface area contributed by atoms with Gasteiger partial charge in [0.25, 0.3) is 0 Å². The molecule has 0 unspecified atom stereocenters. The lowest BCUT2D eigenvalue weighted by atomic mass is 9.98. The smallest absolute Gasteiger partial charge is 0.0949 e. The summed E-state index contributed by atoms with van der Waals surface area (Å²) in [6.45, 7) is 10.1. The summed E-state index contributed by atoms with van der Waals surface area (Å²) in [5, 5.41) is 11.3. The van der Waals surface area contributed by atoms with Gasteiger partial charge in [0.05, 0.1) is 5.60 Å². The van der Waals surface area contributed by atoms with E-state index in [9.17, 15) is 0 Å². The zero-order chi connectivity index (χ0) is 11.7. The molecular formula is C12H27NO2. The second-order valence-corrected chi connectivity index (χ2v) is 5.16. The zero-order valence-electron chi connectivity index (χ0n) is 10.7. The van der Waals surface area contributed by atoms with Crippen LogP contribution in [0.25, 0.3) is 0 Å². The van der Waals surface area contributed by atoms with E-state index in [1.165, 1.54) is 38.8 Å². The Kier molecular flexibility index (Phi) is 8.02. The molecule has 0 saturated carbocycles. The van der Waals surface area contributed by atoms with Crippen LogP contribution in [-0.4, -0.2) is 23.9 Å². The Morgan fingerprint density at radius 2 is 1.87 bits per heavy atom. The fourth-order valence-corrected chi connectivity index (χ4v) is 1.50. The van der Waals surface area contributed by atoms with E-state index in [0.29, 0.717) is 0 Å². The van der Waals surface area contributed by atoms with Crippen molar-refractivity contribution in [2.24, 2.45) is 5.92 Å². The summed E-state index contributed by atoms with van der Waals surface area (Å²) in [4.78, 5) is 3.94. The number of hydrogen-bond acceptors (Lipinski definition) is 3. The molecular weight excluding hydrogens is 190 g/mol. The Labute approximate surface area is 94.1 Å². The summed E-state index contributed by atoms with van der Waals surface area (Å²) in [6, 6.07) is 0. The molecule has 3 nitrogen and oxygen atoms in total. The van der Waals surface area contributed by atoms with Crippen molar-refractivity contribution in [2.45, 2.75) is 59.0 Å². The number of rotatable bonds is 1. The van der Waals surface area contributed by atoms with E-state index in [1.807, 2.05) is 0 Å². The Hall–Kier alpha value is -0.120. The monoisotopic (exact) mass is 217 g/mol. The Bertz CT molecular complexity index is 135. The van der Waals surface area contributed by atoms with Crippen molar-refractivity contribution in [3.8, 4) is 0 Å². The lowest BCUT2D eigenvalue weighted by Crippen LogP contribution is -2.15. The third-order valence-electron chi connectivity index (χ3n) is 2.55. The molecule has 1 saturated heterocycles. The van der Waals surface area contributed by atoms with Gasteiger partial charge in [0, 0.05) is 0 Å². The molecule has 0 bridgehead atoms. The van der Waals surface area contributed by atoms with Crippen molar-refractivity contribution in [3.63, 3.8) is 0 Å². The maximum Gasteiger partial charge on any atom is 0.0949 e. The molecule has 3 heteroatoms. The van der Waals surface area contributed by atoms with Crippen LogP contribution in [0.3, 0.4) is 0 Å². The third-order valence-corrected chi connectivity index (χ3v) is 2.55. The summed E-state index contributed by atoms with van der Waals surface area (Å²) in [7, 11) is 0. The standard InChI is InChI=1S/C8H17N.C4H10O2/c1-2-8-4-3-6-9-7-5-8;1-4(2,3)6-5/h8-9H,2-7H2,1H3;5H,1-3H3/t8-;/m1./s1. The van der Waals surface area contributed by atoms with Gasteiger partial charge in [-0.25, -0.2) is 4.89 Å². The third kappa shape index (κ3) is 10.2. The van der Waals surface area contributed by atoms with Gasteiger partial charge in [0.15, 0.2) is 0 Å². The Morgan fingerprint density at radius 3 is 2.33 bits per heavy atom. The van der Waals surface area contributed by atoms with Crippen LogP contribution in [0.2, 0.25) is 0 Å².